The van der Waals surface area contributed by atoms with Gasteiger partial charge in [0.25, 0.3) is 0 Å². The van der Waals surface area contributed by atoms with E-state index in [1.165, 1.54) is 7.11 Å². The fraction of sp³-hybridized carbons (Fsp3) is 0.727. The van der Waals surface area contributed by atoms with Crippen LogP contribution in [0.1, 0.15) is 26.2 Å². The van der Waals surface area contributed by atoms with Crippen molar-refractivity contribution in [3.63, 3.8) is 0 Å². The topological polar surface area (TPSA) is 29.5 Å². The molecule has 1 heterocycles. The van der Waals surface area contributed by atoms with Crippen LogP contribution in [0.25, 0.3) is 0 Å². The van der Waals surface area contributed by atoms with Gasteiger partial charge in [0.1, 0.15) is 6.04 Å². The molecule has 1 fully saturated rings. The van der Waals surface area contributed by atoms with Crippen molar-refractivity contribution in [2.75, 3.05) is 20.2 Å². The number of allylic oxidation sites excluding steroid dienone is 1. The first-order valence-corrected chi connectivity index (χ1v) is 5.26. The monoisotopic (exact) mass is 197 g/mol. The van der Waals surface area contributed by atoms with E-state index in [1.54, 1.807) is 0 Å². The summed E-state index contributed by atoms with van der Waals surface area (Å²) in [7, 11) is 1.46. The molecule has 3 heteroatoms. The highest BCUT2D eigenvalue weighted by atomic mass is 16.5. The Balaban J connectivity index is 2.42. The van der Waals surface area contributed by atoms with Gasteiger partial charge in [0.05, 0.1) is 7.11 Å². The first kappa shape index (κ1) is 11.2. The van der Waals surface area contributed by atoms with Gasteiger partial charge in [-0.25, -0.2) is 0 Å². The zero-order valence-electron chi connectivity index (χ0n) is 9.03. The lowest BCUT2D eigenvalue weighted by atomic mass is 10.2. The summed E-state index contributed by atoms with van der Waals surface area (Å²) >= 11 is 0. The van der Waals surface area contributed by atoms with Crippen molar-refractivity contribution < 1.29 is 9.53 Å². The summed E-state index contributed by atoms with van der Waals surface area (Å²) in [6.45, 7) is 3.99. The van der Waals surface area contributed by atoms with Crippen molar-refractivity contribution >= 4 is 5.97 Å². The zero-order chi connectivity index (χ0) is 10.4. The minimum Gasteiger partial charge on any atom is -0.468 e. The molecule has 3 nitrogen and oxygen atoms in total. The van der Waals surface area contributed by atoms with Crippen molar-refractivity contribution in [2.45, 2.75) is 32.2 Å². The minimum absolute atomic E-state index is 0.0125. The molecule has 0 aromatic heterocycles. The van der Waals surface area contributed by atoms with Crippen LogP contribution in [0.2, 0.25) is 0 Å². The van der Waals surface area contributed by atoms with Crippen molar-refractivity contribution in [2.24, 2.45) is 0 Å². The van der Waals surface area contributed by atoms with Crippen molar-refractivity contribution in [3.05, 3.63) is 12.2 Å². The van der Waals surface area contributed by atoms with Crippen LogP contribution < -0.4 is 0 Å². The molecule has 0 aliphatic carbocycles. The summed E-state index contributed by atoms with van der Waals surface area (Å²) in [5.41, 5.74) is 0. The molecule has 0 N–H and O–H groups in total. The predicted molar refractivity (Wildman–Crippen MR) is 56.0 cm³/mol. The summed E-state index contributed by atoms with van der Waals surface area (Å²) in [5, 5.41) is 0. The van der Waals surface area contributed by atoms with Crippen molar-refractivity contribution in [3.8, 4) is 0 Å². The van der Waals surface area contributed by atoms with Gasteiger partial charge in [0.2, 0.25) is 0 Å². The van der Waals surface area contributed by atoms with Crippen molar-refractivity contribution in [1.82, 2.24) is 4.90 Å². The molecule has 1 aliphatic heterocycles. The number of methoxy groups -OCH3 is 1. The first-order valence-electron chi connectivity index (χ1n) is 5.26. The Kier molecular flexibility index (Phi) is 4.66. The number of nitrogens with zero attached hydrogens (tertiary/aromatic N) is 1. The highest BCUT2D eigenvalue weighted by Crippen LogP contribution is 2.17. The summed E-state index contributed by atoms with van der Waals surface area (Å²) in [4.78, 5) is 13.5. The predicted octanol–water partition coefficient (Wildman–Crippen LogP) is 1.59. The standard InChI is InChI=1S/C11H19NO2/c1-3-4-5-8-12-9-6-7-10(12)11(13)14-2/h4-5,10H,3,6-9H2,1-2H3/b5-4+/t10-/m0/s1. The van der Waals surface area contributed by atoms with Crippen LogP contribution in [-0.2, 0) is 9.53 Å². The maximum absolute atomic E-state index is 11.4. The third-order valence-corrected chi connectivity index (χ3v) is 2.58. The number of carbonyl (C=O) groups excluding carboxylic acids is 1. The Morgan fingerprint density at radius 1 is 1.57 bits per heavy atom. The highest BCUT2D eigenvalue weighted by Gasteiger charge is 2.30. The maximum atomic E-state index is 11.4. The fourth-order valence-corrected chi connectivity index (χ4v) is 1.82. The molecule has 0 saturated carbocycles. The van der Waals surface area contributed by atoms with Crippen LogP contribution in [-0.4, -0.2) is 37.1 Å². The molecule has 0 amide bonds. The van der Waals surface area contributed by atoms with Gasteiger partial charge >= 0.3 is 5.97 Å². The molecule has 0 aromatic rings. The van der Waals surface area contributed by atoms with Gasteiger partial charge in [-0.15, -0.1) is 0 Å². The maximum Gasteiger partial charge on any atom is 0.323 e. The van der Waals surface area contributed by atoms with Gasteiger partial charge in [0, 0.05) is 6.54 Å². The van der Waals surface area contributed by atoms with E-state index in [9.17, 15) is 4.79 Å². The minimum atomic E-state index is -0.0904. The second-order valence-electron chi connectivity index (χ2n) is 3.56. The van der Waals surface area contributed by atoms with Crippen LogP contribution in [0.3, 0.4) is 0 Å². The normalized spacial score (nSPS) is 23.1. The lowest BCUT2D eigenvalue weighted by Gasteiger charge is -2.20. The van der Waals surface area contributed by atoms with Crippen LogP contribution in [0.4, 0.5) is 0 Å². The smallest absolute Gasteiger partial charge is 0.323 e. The van der Waals surface area contributed by atoms with E-state index < -0.39 is 0 Å². The largest absolute Gasteiger partial charge is 0.468 e. The Hall–Kier alpha value is -0.830. The Bertz CT molecular complexity index is 213. The number of carbonyl (C=O) groups is 1. The first-order chi connectivity index (χ1) is 6.79. The fourth-order valence-electron chi connectivity index (χ4n) is 1.82. The summed E-state index contributed by atoms with van der Waals surface area (Å²) in [6, 6.07) is -0.0125. The highest BCUT2D eigenvalue weighted by molar-refractivity contribution is 5.76. The molecule has 1 aliphatic rings. The van der Waals surface area contributed by atoms with E-state index in [1.807, 2.05) is 0 Å². The average Bonchev–Trinajstić information content (AvgIpc) is 2.65. The number of hydrogen-bond acceptors (Lipinski definition) is 3. The summed E-state index contributed by atoms with van der Waals surface area (Å²) in [6.07, 6.45) is 7.34. The number of hydrogen-bond donors (Lipinski definition) is 0. The van der Waals surface area contributed by atoms with Crippen LogP contribution in [0.5, 0.6) is 0 Å². The number of esters is 1. The third kappa shape index (κ3) is 2.84. The second-order valence-corrected chi connectivity index (χ2v) is 3.56. The SMILES string of the molecule is CC/C=C/CN1CCC[C@H]1C(=O)OC. The zero-order valence-corrected chi connectivity index (χ0v) is 9.03. The molecule has 0 spiro atoms. The third-order valence-electron chi connectivity index (χ3n) is 2.58. The molecular formula is C11H19NO2. The van der Waals surface area contributed by atoms with E-state index in [4.69, 9.17) is 4.74 Å². The second kappa shape index (κ2) is 5.81. The van der Waals surface area contributed by atoms with E-state index in [0.29, 0.717) is 0 Å². The van der Waals surface area contributed by atoms with Gasteiger partial charge in [-0.05, 0) is 25.8 Å². The van der Waals surface area contributed by atoms with Crippen molar-refractivity contribution in [1.29, 1.82) is 0 Å². The molecule has 1 atom stereocenters. The van der Waals surface area contributed by atoms with E-state index in [2.05, 4.69) is 24.0 Å². The summed E-state index contributed by atoms with van der Waals surface area (Å²) in [5.74, 6) is -0.0904. The number of ether oxygens (including phenoxy) is 1. The summed E-state index contributed by atoms with van der Waals surface area (Å²) < 4.78 is 4.77. The lowest BCUT2D eigenvalue weighted by molar-refractivity contribution is -0.145. The molecule has 0 aromatic carbocycles. The number of rotatable bonds is 4. The average molecular weight is 197 g/mol. The Morgan fingerprint density at radius 3 is 3.00 bits per heavy atom. The van der Waals surface area contributed by atoms with E-state index >= 15 is 0 Å². The number of likely N-dealkylation sites (tertiary alicyclic amines) is 1. The Morgan fingerprint density at radius 2 is 2.36 bits per heavy atom. The van der Waals surface area contributed by atoms with Gasteiger partial charge in [-0.1, -0.05) is 19.1 Å². The molecular weight excluding hydrogens is 178 g/mol. The lowest BCUT2D eigenvalue weighted by Crippen LogP contribution is -2.36. The van der Waals surface area contributed by atoms with Gasteiger partial charge in [0.15, 0.2) is 0 Å². The Labute approximate surface area is 85.7 Å². The molecule has 0 radical (unpaired) electrons. The van der Waals surface area contributed by atoms with Gasteiger partial charge in [-0.2, -0.15) is 0 Å². The molecule has 0 bridgehead atoms. The molecule has 14 heavy (non-hydrogen) atoms. The van der Waals surface area contributed by atoms with E-state index in [0.717, 1.165) is 32.4 Å². The molecule has 1 saturated heterocycles. The molecule has 80 valence electrons. The van der Waals surface area contributed by atoms with E-state index in [-0.39, 0.29) is 12.0 Å². The van der Waals surface area contributed by atoms with Crippen LogP contribution in [0, 0.1) is 0 Å². The quantitative estimate of drug-likeness (QED) is 0.506. The molecule has 1 rings (SSSR count). The van der Waals surface area contributed by atoms with Gasteiger partial charge in [-0.3, -0.25) is 9.69 Å². The van der Waals surface area contributed by atoms with Crippen LogP contribution >= 0.6 is 0 Å². The van der Waals surface area contributed by atoms with Gasteiger partial charge < -0.3 is 4.74 Å². The van der Waals surface area contributed by atoms with Crippen LogP contribution in [0.15, 0.2) is 12.2 Å². The molecule has 0 unspecified atom stereocenters.